The smallest absolute Gasteiger partial charge is 0.337 e. The molecule has 6 heteroatoms. The van der Waals surface area contributed by atoms with E-state index in [2.05, 4.69) is 4.98 Å². The molecule has 16 heavy (non-hydrogen) atoms. The van der Waals surface area contributed by atoms with Gasteiger partial charge in [0.05, 0.1) is 16.3 Å². The van der Waals surface area contributed by atoms with Gasteiger partial charge in [-0.15, -0.1) is 0 Å². The SMILES string of the molecule is O=C(O)c1cnc(C2CC(F)(F)C2)c(Cl)c1. The molecule has 0 radical (unpaired) electrons. The Hall–Kier alpha value is -1.23. The second-order valence-corrected chi connectivity index (χ2v) is 4.26. The van der Waals surface area contributed by atoms with Crippen LogP contribution in [0.25, 0.3) is 0 Å². The minimum atomic E-state index is -2.64. The number of nitrogens with zero attached hydrogens (tertiary/aromatic N) is 1. The van der Waals surface area contributed by atoms with Gasteiger partial charge in [0.15, 0.2) is 0 Å². The summed E-state index contributed by atoms with van der Waals surface area (Å²) in [5.41, 5.74) is 0.317. The molecule has 0 atom stereocenters. The van der Waals surface area contributed by atoms with E-state index in [0.717, 1.165) is 6.20 Å². The minimum absolute atomic E-state index is 0.0418. The lowest BCUT2D eigenvalue weighted by Gasteiger charge is -2.34. The molecule has 1 N–H and O–H groups in total. The van der Waals surface area contributed by atoms with E-state index < -0.39 is 11.9 Å². The van der Waals surface area contributed by atoms with Gasteiger partial charge in [0.25, 0.3) is 0 Å². The normalized spacial score (nSPS) is 19.2. The van der Waals surface area contributed by atoms with Crippen molar-refractivity contribution in [2.45, 2.75) is 24.7 Å². The van der Waals surface area contributed by atoms with Crippen molar-refractivity contribution in [2.24, 2.45) is 0 Å². The molecular weight excluding hydrogens is 240 g/mol. The highest BCUT2D eigenvalue weighted by atomic mass is 35.5. The Morgan fingerprint density at radius 2 is 2.19 bits per heavy atom. The maximum Gasteiger partial charge on any atom is 0.337 e. The summed E-state index contributed by atoms with van der Waals surface area (Å²) >= 11 is 5.80. The molecule has 0 aromatic carbocycles. The Kier molecular flexibility index (Phi) is 2.58. The molecule has 86 valence electrons. The zero-order chi connectivity index (χ0) is 11.9. The first-order valence-corrected chi connectivity index (χ1v) is 5.03. The highest BCUT2D eigenvalue weighted by molar-refractivity contribution is 6.31. The number of carboxylic acid groups (broad SMARTS) is 1. The van der Waals surface area contributed by atoms with Crippen LogP contribution in [-0.4, -0.2) is 22.0 Å². The number of rotatable bonds is 2. The minimum Gasteiger partial charge on any atom is -0.478 e. The number of halogens is 3. The van der Waals surface area contributed by atoms with Crippen LogP contribution in [-0.2, 0) is 0 Å². The quantitative estimate of drug-likeness (QED) is 0.874. The third-order valence-electron chi connectivity index (χ3n) is 2.59. The molecule has 1 aromatic heterocycles. The van der Waals surface area contributed by atoms with Crippen molar-refractivity contribution in [2.75, 3.05) is 0 Å². The fourth-order valence-electron chi connectivity index (χ4n) is 1.72. The molecule has 3 nitrogen and oxygen atoms in total. The van der Waals surface area contributed by atoms with Gasteiger partial charge in [-0.1, -0.05) is 11.6 Å². The summed E-state index contributed by atoms with van der Waals surface area (Å²) in [4.78, 5) is 14.4. The first-order chi connectivity index (χ1) is 7.39. The van der Waals surface area contributed by atoms with Crippen LogP contribution in [0.4, 0.5) is 8.78 Å². The summed E-state index contributed by atoms with van der Waals surface area (Å²) in [6, 6.07) is 1.24. The topological polar surface area (TPSA) is 50.2 Å². The maximum absolute atomic E-state index is 12.6. The Morgan fingerprint density at radius 1 is 1.56 bits per heavy atom. The van der Waals surface area contributed by atoms with Gasteiger partial charge in [-0.25, -0.2) is 13.6 Å². The number of aromatic carboxylic acids is 1. The molecule has 0 unspecified atom stereocenters. The molecule has 0 saturated heterocycles. The van der Waals surface area contributed by atoms with Crippen molar-refractivity contribution in [1.29, 1.82) is 0 Å². The molecule has 0 amide bonds. The van der Waals surface area contributed by atoms with Crippen molar-refractivity contribution >= 4 is 17.6 Å². The molecule has 0 spiro atoms. The van der Waals surface area contributed by atoms with E-state index in [4.69, 9.17) is 16.7 Å². The number of pyridine rings is 1. The van der Waals surface area contributed by atoms with E-state index in [1.54, 1.807) is 0 Å². The van der Waals surface area contributed by atoms with Crippen LogP contribution in [0.1, 0.15) is 34.8 Å². The van der Waals surface area contributed by atoms with Crippen LogP contribution in [0.2, 0.25) is 5.02 Å². The summed E-state index contributed by atoms with van der Waals surface area (Å²) in [6.45, 7) is 0. The van der Waals surface area contributed by atoms with E-state index >= 15 is 0 Å². The highest BCUT2D eigenvalue weighted by Gasteiger charge is 2.47. The fourth-order valence-corrected chi connectivity index (χ4v) is 2.04. The number of carbonyl (C=O) groups is 1. The number of alkyl halides is 2. The predicted molar refractivity (Wildman–Crippen MR) is 53.1 cm³/mol. The first-order valence-electron chi connectivity index (χ1n) is 4.65. The lowest BCUT2D eigenvalue weighted by Crippen LogP contribution is -2.34. The average Bonchev–Trinajstić information content (AvgIpc) is 2.13. The third kappa shape index (κ3) is 2.00. The lowest BCUT2D eigenvalue weighted by atomic mass is 9.79. The molecule has 0 bridgehead atoms. The van der Waals surface area contributed by atoms with Gasteiger partial charge in [0, 0.05) is 25.0 Å². The van der Waals surface area contributed by atoms with E-state index in [1.807, 2.05) is 0 Å². The third-order valence-corrected chi connectivity index (χ3v) is 2.90. The molecule has 0 aliphatic heterocycles. The van der Waals surface area contributed by atoms with Gasteiger partial charge in [-0.3, -0.25) is 4.98 Å². The molecule has 1 aromatic rings. The molecule has 2 rings (SSSR count). The second kappa shape index (κ2) is 3.66. The van der Waals surface area contributed by atoms with Crippen molar-refractivity contribution in [3.63, 3.8) is 0 Å². The van der Waals surface area contributed by atoms with E-state index in [1.165, 1.54) is 6.07 Å². The van der Waals surface area contributed by atoms with Gasteiger partial charge in [-0.05, 0) is 6.07 Å². The van der Waals surface area contributed by atoms with E-state index in [9.17, 15) is 13.6 Å². The van der Waals surface area contributed by atoms with E-state index in [-0.39, 0.29) is 29.3 Å². The summed E-state index contributed by atoms with van der Waals surface area (Å²) in [7, 11) is 0. The standard InChI is InChI=1S/C10H8ClF2NO2/c11-7-1-5(9(15)16)4-14-8(7)6-2-10(12,13)3-6/h1,4,6H,2-3H2,(H,15,16). The summed E-state index contributed by atoms with van der Waals surface area (Å²) in [5, 5.41) is 8.81. The monoisotopic (exact) mass is 247 g/mol. The van der Waals surface area contributed by atoms with Gasteiger partial charge >= 0.3 is 5.97 Å². The van der Waals surface area contributed by atoms with Gasteiger partial charge < -0.3 is 5.11 Å². The first kappa shape index (κ1) is 11.3. The molecule has 1 heterocycles. The van der Waals surface area contributed by atoms with Crippen LogP contribution in [0.3, 0.4) is 0 Å². The number of aromatic nitrogens is 1. The Balaban J connectivity index is 2.21. The number of carboxylic acids is 1. The van der Waals surface area contributed by atoms with Crippen LogP contribution in [0, 0.1) is 0 Å². The van der Waals surface area contributed by atoms with Crippen LogP contribution in [0.15, 0.2) is 12.3 Å². The highest BCUT2D eigenvalue weighted by Crippen LogP contribution is 2.49. The van der Waals surface area contributed by atoms with Crippen molar-refractivity contribution in [3.05, 3.63) is 28.5 Å². The Morgan fingerprint density at radius 3 is 2.62 bits per heavy atom. The Bertz CT molecular complexity index is 442. The maximum atomic E-state index is 12.6. The van der Waals surface area contributed by atoms with Crippen LogP contribution in [0.5, 0.6) is 0 Å². The predicted octanol–water partition coefficient (Wildman–Crippen LogP) is 2.95. The fraction of sp³-hybridized carbons (Fsp3) is 0.400. The molecular formula is C10H8ClF2NO2. The van der Waals surface area contributed by atoms with Crippen molar-refractivity contribution in [3.8, 4) is 0 Å². The van der Waals surface area contributed by atoms with Gasteiger partial charge in [-0.2, -0.15) is 0 Å². The summed E-state index contributed by atoms with van der Waals surface area (Å²) in [6.07, 6.45) is 0.596. The van der Waals surface area contributed by atoms with Crippen LogP contribution >= 0.6 is 11.6 Å². The van der Waals surface area contributed by atoms with E-state index in [0.29, 0.717) is 5.69 Å². The molecule has 1 aliphatic carbocycles. The second-order valence-electron chi connectivity index (χ2n) is 3.86. The Labute approximate surface area is 95.1 Å². The average molecular weight is 248 g/mol. The van der Waals surface area contributed by atoms with Gasteiger partial charge in [0.1, 0.15) is 0 Å². The summed E-state index contributed by atoms with van der Waals surface area (Å²) < 4.78 is 25.3. The number of hydrogen-bond donors (Lipinski definition) is 1. The van der Waals surface area contributed by atoms with Gasteiger partial charge in [0.2, 0.25) is 5.92 Å². The molecule has 1 aliphatic rings. The summed E-state index contributed by atoms with van der Waals surface area (Å²) in [5.74, 6) is -4.15. The zero-order valence-electron chi connectivity index (χ0n) is 8.08. The lowest BCUT2D eigenvalue weighted by molar-refractivity contribution is -0.0875. The largest absolute Gasteiger partial charge is 0.478 e. The molecule has 1 fully saturated rings. The number of hydrogen-bond acceptors (Lipinski definition) is 2. The van der Waals surface area contributed by atoms with Crippen molar-refractivity contribution < 1.29 is 18.7 Å². The molecule has 1 saturated carbocycles. The van der Waals surface area contributed by atoms with Crippen LogP contribution < -0.4 is 0 Å². The zero-order valence-corrected chi connectivity index (χ0v) is 8.84. The van der Waals surface area contributed by atoms with Crippen molar-refractivity contribution in [1.82, 2.24) is 4.98 Å².